The second-order valence-electron chi connectivity index (χ2n) is 2.96. The van der Waals surface area contributed by atoms with E-state index in [1.165, 1.54) is 0 Å². The summed E-state index contributed by atoms with van der Waals surface area (Å²) in [4.78, 5) is 11.7. The molecule has 1 saturated heterocycles. The molecule has 1 fully saturated rings. The number of piperazine rings is 1. The van der Waals surface area contributed by atoms with E-state index in [4.69, 9.17) is 5.11 Å². The van der Waals surface area contributed by atoms with Gasteiger partial charge in [0.05, 0.1) is 6.04 Å². The van der Waals surface area contributed by atoms with Crippen molar-refractivity contribution in [1.82, 2.24) is 10.2 Å². The van der Waals surface area contributed by atoms with Crippen molar-refractivity contribution >= 4 is 6.09 Å². The first kappa shape index (κ1) is 10.2. The van der Waals surface area contributed by atoms with Crippen LogP contribution in [-0.4, -0.2) is 48.2 Å². The van der Waals surface area contributed by atoms with Gasteiger partial charge in [-0.05, 0) is 0 Å². The van der Waals surface area contributed by atoms with Crippen LogP contribution in [0.2, 0.25) is 0 Å². The van der Waals surface area contributed by atoms with E-state index < -0.39 is 18.6 Å². The predicted molar refractivity (Wildman–Crippen MR) is 42.0 cm³/mol. The summed E-state index contributed by atoms with van der Waals surface area (Å²) in [5, 5.41) is 11.6. The summed E-state index contributed by atoms with van der Waals surface area (Å²) in [6.45, 7) is 1.13. The fourth-order valence-corrected chi connectivity index (χ4v) is 1.43. The minimum Gasteiger partial charge on any atom is -0.465 e. The van der Waals surface area contributed by atoms with Crippen LogP contribution in [0.1, 0.15) is 6.42 Å². The Morgan fingerprint density at radius 3 is 2.92 bits per heavy atom. The largest absolute Gasteiger partial charge is 0.465 e. The smallest absolute Gasteiger partial charge is 0.407 e. The van der Waals surface area contributed by atoms with Crippen molar-refractivity contribution in [2.24, 2.45) is 0 Å². The molecule has 0 bridgehead atoms. The molecule has 4 nitrogen and oxygen atoms in total. The van der Waals surface area contributed by atoms with Crippen LogP contribution < -0.4 is 5.32 Å². The Morgan fingerprint density at radius 1 is 1.69 bits per heavy atom. The molecule has 0 unspecified atom stereocenters. The molecule has 1 aliphatic rings. The van der Waals surface area contributed by atoms with Crippen LogP contribution in [0, 0.1) is 0 Å². The lowest BCUT2D eigenvalue weighted by atomic mass is 10.1. The van der Waals surface area contributed by atoms with E-state index in [1.807, 2.05) is 0 Å². The molecule has 1 amide bonds. The Balaban J connectivity index is 2.51. The predicted octanol–water partition coefficient (Wildman–Crippen LogP) is 0.593. The summed E-state index contributed by atoms with van der Waals surface area (Å²) in [6, 6.07) is -0.591. The van der Waals surface area contributed by atoms with Crippen LogP contribution in [-0.2, 0) is 0 Å². The third kappa shape index (κ3) is 2.80. The van der Waals surface area contributed by atoms with E-state index >= 15 is 0 Å². The lowest BCUT2D eigenvalue weighted by molar-refractivity contribution is 0.0653. The van der Waals surface area contributed by atoms with Gasteiger partial charge in [0.15, 0.2) is 0 Å². The number of amides is 1. The molecule has 1 aliphatic heterocycles. The van der Waals surface area contributed by atoms with Gasteiger partial charge in [0, 0.05) is 26.1 Å². The Morgan fingerprint density at radius 2 is 2.38 bits per heavy atom. The minimum absolute atomic E-state index is 0.284. The van der Waals surface area contributed by atoms with E-state index in [1.54, 1.807) is 0 Å². The van der Waals surface area contributed by atoms with Gasteiger partial charge in [0.2, 0.25) is 6.43 Å². The summed E-state index contributed by atoms with van der Waals surface area (Å²) < 4.78 is 24.0. The summed E-state index contributed by atoms with van der Waals surface area (Å²) >= 11 is 0. The number of rotatable bonds is 2. The first-order valence-electron chi connectivity index (χ1n) is 4.09. The standard InChI is InChI=1S/C7H12F2N2O2/c8-6(9)3-5-4-10-1-2-11(5)7(12)13/h5-6,10H,1-4H2,(H,12,13)/t5-/m0/s1. The molecule has 1 rings (SSSR count). The Bertz CT molecular complexity index is 189. The molecule has 0 saturated carbocycles. The summed E-state index contributed by atoms with van der Waals surface area (Å²) in [5.41, 5.74) is 0. The van der Waals surface area contributed by atoms with Gasteiger partial charge in [0.1, 0.15) is 0 Å². The van der Waals surface area contributed by atoms with Crippen molar-refractivity contribution in [2.75, 3.05) is 19.6 Å². The van der Waals surface area contributed by atoms with Gasteiger partial charge >= 0.3 is 6.09 Å². The van der Waals surface area contributed by atoms with Crippen molar-refractivity contribution in [3.8, 4) is 0 Å². The number of hydrogen-bond donors (Lipinski definition) is 2. The quantitative estimate of drug-likeness (QED) is 0.676. The molecular formula is C7H12F2N2O2. The molecule has 1 atom stereocenters. The van der Waals surface area contributed by atoms with Crippen LogP contribution in [0.5, 0.6) is 0 Å². The van der Waals surface area contributed by atoms with E-state index in [2.05, 4.69) is 5.32 Å². The van der Waals surface area contributed by atoms with E-state index in [9.17, 15) is 13.6 Å². The highest BCUT2D eigenvalue weighted by Gasteiger charge is 2.28. The molecule has 2 N–H and O–H groups in total. The van der Waals surface area contributed by atoms with Crippen molar-refractivity contribution in [2.45, 2.75) is 18.9 Å². The molecule has 0 aromatic carbocycles. The summed E-state index contributed by atoms with van der Waals surface area (Å²) in [7, 11) is 0. The second-order valence-corrected chi connectivity index (χ2v) is 2.96. The van der Waals surface area contributed by atoms with Gasteiger partial charge in [-0.25, -0.2) is 13.6 Å². The zero-order valence-electron chi connectivity index (χ0n) is 7.04. The number of nitrogens with one attached hydrogen (secondary N) is 1. The topological polar surface area (TPSA) is 52.6 Å². The maximum absolute atomic E-state index is 12.0. The van der Waals surface area contributed by atoms with Crippen LogP contribution in [0.4, 0.5) is 13.6 Å². The van der Waals surface area contributed by atoms with Gasteiger partial charge in [-0.3, -0.25) is 0 Å². The average Bonchev–Trinajstić information content (AvgIpc) is 2.03. The fourth-order valence-electron chi connectivity index (χ4n) is 1.43. The molecule has 0 radical (unpaired) electrons. The Labute approximate surface area is 74.5 Å². The third-order valence-electron chi connectivity index (χ3n) is 2.05. The first-order valence-corrected chi connectivity index (χ1v) is 4.09. The monoisotopic (exact) mass is 194 g/mol. The van der Waals surface area contributed by atoms with Crippen molar-refractivity contribution in [1.29, 1.82) is 0 Å². The number of carbonyl (C=O) groups is 1. The molecule has 0 aromatic rings. The minimum atomic E-state index is -2.45. The highest BCUT2D eigenvalue weighted by Crippen LogP contribution is 2.12. The normalized spacial score (nSPS) is 23.6. The molecule has 1 heterocycles. The van der Waals surface area contributed by atoms with Crippen LogP contribution >= 0.6 is 0 Å². The van der Waals surface area contributed by atoms with E-state index in [0.717, 1.165) is 4.90 Å². The number of nitrogens with zero attached hydrogens (tertiary/aromatic N) is 1. The van der Waals surface area contributed by atoms with Crippen LogP contribution in [0.15, 0.2) is 0 Å². The molecular weight excluding hydrogens is 182 g/mol. The van der Waals surface area contributed by atoms with Gasteiger partial charge in [-0.15, -0.1) is 0 Å². The molecule has 0 spiro atoms. The molecule has 0 aliphatic carbocycles. The first-order chi connectivity index (χ1) is 6.11. The maximum atomic E-state index is 12.0. The molecule has 13 heavy (non-hydrogen) atoms. The fraction of sp³-hybridized carbons (Fsp3) is 0.857. The lowest BCUT2D eigenvalue weighted by Gasteiger charge is -2.33. The maximum Gasteiger partial charge on any atom is 0.407 e. The van der Waals surface area contributed by atoms with Crippen molar-refractivity contribution in [3.63, 3.8) is 0 Å². The molecule has 76 valence electrons. The van der Waals surface area contributed by atoms with Gasteiger partial charge < -0.3 is 15.3 Å². The number of hydrogen-bond acceptors (Lipinski definition) is 2. The van der Waals surface area contributed by atoms with Gasteiger partial charge in [-0.1, -0.05) is 0 Å². The number of carboxylic acid groups (broad SMARTS) is 1. The van der Waals surface area contributed by atoms with Gasteiger partial charge in [-0.2, -0.15) is 0 Å². The molecule has 0 aromatic heterocycles. The lowest BCUT2D eigenvalue weighted by Crippen LogP contribution is -2.53. The van der Waals surface area contributed by atoms with Crippen LogP contribution in [0.3, 0.4) is 0 Å². The summed E-state index contributed by atoms with van der Waals surface area (Å²) in [6.07, 6.45) is -3.96. The van der Waals surface area contributed by atoms with Gasteiger partial charge in [0.25, 0.3) is 0 Å². The van der Waals surface area contributed by atoms with E-state index in [0.29, 0.717) is 13.1 Å². The SMILES string of the molecule is O=C(O)N1CCNC[C@@H]1CC(F)F. The molecule has 6 heteroatoms. The average molecular weight is 194 g/mol. The third-order valence-corrected chi connectivity index (χ3v) is 2.05. The zero-order chi connectivity index (χ0) is 9.84. The van der Waals surface area contributed by atoms with Crippen LogP contribution in [0.25, 0.3) is 0 Å². The number of alkyl halides is 2. The highest BCUT2D eigenvalue weighted by atomic mass is 19.3. The second kappa shape index (κ2) is 4.36. The number of halogens is 2. The van der Waals surface area contributed by atoms with Crippen molar-refractivity contribution in [3.05, 3.63) is 0 Å². The zero-order valence-corrected chi connectivity index (χ0v) is 7.04. The van der Waals surface area contributed by atoms with E-state index in [-0.39, 0.29) is 13.0 Å². The summed E-state index contributed by atoms with van der Waals surface area (Å²) in [5.74, 6) is 0. The Hall–Kier alpha value is -0.910. The highest BCUT2D eigenvalue weighted by molar-refractivity contribution is 5.65. The Kier molecular flexibility index (Phi) is 3.41. The van der Waals surface area contributed by atoms with Crippen molar-refractivity contribution < 1.29 is 18.7 Å².